The number of phenolic OH excluding ortho intramolecular Hbond substituents is 1. The Hall–Kier alpha value is -4.01. The molecule has 5 aliphatic rings. The maximum atomic E-state index is 14.4. The lowest BCUT2D eigenvalue weighted by Gasteiger charge is -2.37. The first-order valence-corrected chi connectivity index (χ1v) is 15.3. The third-order valence-electron chi connectivity index (χ3n) is 10.1. The van der Waals surface area contributed by atoms with Crippen molar-refractivity contribution < 1.29 is 19.0 Å². The van der Waals surface area contributed by atoms with Crippen molar-refractivity contribution in [2.24, 2.45) is 0 Å². The maximum Gasteiger partial charge on any atom is 0.319 e. The van der Waals surface area contributed by atoms with E-state index in [1.54, 1.807) is 29.2 Å². The van der Waals surface area contributed by atoms with Crippen LogP contribution in [0.5, 0.6) is 11.8 Å². The van der Waals surface area contributed by atoms with Crippen LogP contribution in [0.4, 0.5) is 15.9 Å². The molecule has 4 saturated heterocycles. The highest BCUT2D eigenvalue weighted by Gasteiger charge is 2.49. The molecule has 1 amide bonds. The van der Waals surface area contributed by atoms with Crippen molar-refractivity contribution in [1.82, 2.24) is 20.2 Å². The van der Waals surface area contributed by atoms with Gasteiger partial charge in [-0.3, -0.25) is 9.69 Å². The van der Waals surface area contributed by atoms with Crippen molar-refractivity contribution in [1.29, 1.82) is 5.26 Å². The molecular weight excluding hydrogens is 549 g/mol. The number of carbonyl (C=O) groups excluding carboxylic acids is 1. The molecule has 10 nitrogen and oxygen atoms in total. The summed E-state index contributed by atoms with van der Waals surface area (Å²) in [6, 6.07) is 11.6. The molecule has 43 heavy (non-hydrogen) atoms. The molecule has 0 saturated carbocycles. The van der Waals surface area contributed by atoms with Crippen LogP contribution < -0.4 is 19.9 Å². The summed E-state index contributed by atoms with van der Waals surface area (Å²) >= 11 is 0. The number of anilines is 2. The van der Waals surface area contributed by atoms with E-state index < -0.39 is 6.17 Å². The van der Waals surface area contributed by atoms with Gasteiger partial charge in [-0.15, -0.1) is 0 Å². The number of carbonyl (C=O) groups is 1. The Labute approximate surface area is 249 Å². The Kier molecular flexibility index (Phi) is 6.21. The number of phenols is 1. The summed E-state index contributed by atoms with van der Waals surface area (Å²) in [5, 5.41) is 25.4. The van der Waals surface area contributed by atoms with Crippen LogP contribution >= 0.6 is 0 Å². The maximum absolute atomic E-state index is 14.4. The van der Waals surface area contributed by atoms with Crippen LogP contribution in [0.3, 0.4) is 0 Å². The summed E-state index contributed by atoms with van der Waals surface area (Å²) in [5.41, 5.74) is 1.62. The Bertz CT molecular complexity index is 1660. The smallest absolute Gasteiger partial charge is 0.319 e. The molecule has 2 aromatic carbocycles. The molecule has 4 atom stereocenters. The number of rotatable bonds is 5. The summed E-state index contributed by atoms with van der Waals surface area (Å²) in [6.07, 6.45) is 4.17. The van der Waals surface area contributed by atoms with Gasteiger partial charge in [-0.05, 0) is 56.2 Å². The summed E-state index contributed by atoms with van der Waals surface area (Å²) < 4.78 is 20.7. The number of nitrogens with one attached hydrogen (secondary N) is 1. The van der Waals surface area contributed by atoms with E-state index >= 15 is 0 Å². The van der Waals surface area contributed by atoms with Crippen molar-refractivity contribution in [2.45, 2.75) is 62.3 Å². The zero-order chi connectivity index (χ0) is 29.3. The zero-order valence-corrected chi connectivity index (χ0v) is 23.9. The second-order valence-electron chi connectivity index (χ2n) is 12.8. The van der Waals surface area contributed by atoms with E-state index in [0.717, 1.165) is 56.7 Å². The van der Waals surface area contributed by atoms with E-state index in [1.807, 2.05) is 6.07 Å². The fourth-order valence-corrected chi connectivity index (χ4v) is 8.18. The highest BCUT2D eigenvalue weighted by atomic mass is 19.1. The van der Waals surface area contributed by atoms with Crippen LogP contribution in [0.2, 0.25) is 0 Å². The molecule has 2 bridgehead atoms. The van der Waals surface area contributed by atoms with E-state index in [-0.39, 0.29) is 35.5 Å². The highest BCUT2D eigenvalue weighted by Crippen LogP contribution is 2.41. The quantitative estimate of drug-likeness (QED) is 0.467. The second kappa shape index (κ2) is 10.0. The van der Waals surface area contributed by atoms with E-state index in [0.29, 0.717) is 60.0 Å². The van der Waals surface area contributed by atoms with Crippen molar-refractivity contribution in [3.05, 3.63) is 47.2 Å². The van der Waals surface area contributed by atoms with Gasteiger partial charge in [-0.2, -0.15) is 15.2 Å². The number of halogens is 1. The largest absolute Gasteiger partial charge is 0.508 e. The second-order valence-corrected chi connectivity index (χ2v) is 12.8. The number of aromatic hydroxyl groups is 1. The average Bonchev–Trinajstić information content (AvgIpc) is 3.65. The number of hydrogen-bond acceptors (Lipinski definition) is 9. The van der Waals surface area contributed by atoms with Crippen LogP contribution in [0, 0.1) is 11.3 Å². The fraction of sp³-hybridized carbons (Fsp3) is 0.500. The first-order chi connectivity index (χ1) is 20.9. The van der Waals surface area contributed by atoms with Gasteiger partial charge in [0.1, 0.15) is 30.0 Å². The molecular formula is C32H34FN7O3. The van der Waals surface area contributed by atoms with Crippen LogP contribution in [-0.4, -0.2) is 89.0 Å². The van der Waals surface area contributed by atoms with E-state index in [9.17, 15) is 19.6 Å². The molecule has 6 heterocycles. The Morgan fingerprint density at radius 2 is 2.00 bits per heavy atom. The van der Waals surface area contributed by atoms with Gasteiger partial charge < -0.3 is 25.0 Å². The molecule has 1 aromatic heterocycles. The summed E-state index contributed by atoms with van der Waals surface area (Å²) in [4.78, 5) is 30.0. The van der Waals surface area contributed by atoms with Crippen LogP contribution in [-0.2, 0) is 6.42 Å². The molecule has 5 aliphatic heterocycles. The van der Waals surface area contributed by atoms with Gasteiger partial charge >= 0.3 is 6.01 Å². The normalized spacial score (nSPS) is 28.3. The van der Waals surface area contributed by atoms with Crippen molar-refractivity contribution >= 4 is 28.2 Å². The minimum absolute atomic E-state index is 0.0167. The van der Waals surface area contributed by atoms with Crippen LogP contribution in [0.1, 0.15) is 53.7 Å². The number of aromatic nitrogens is 2. The highest BCUT2D eigenvalue weighted by molar-refractivity contribution is 6.13. The van der Waals surface area contributed by atoms with Gasteiger partial charge in [0, 0.05) is 61.7 Å². The van der Waals surface area contributed by atoms with Crippen molar-refractivity contribution in [2.75, 3.05) is 49.1 Å². The molecule has 0 aliphatic carbocycles. The SMILES string of the molecule is N#Cc1cccc2cc(O)cc(N3CCc4c(nc(OC[C@@]56CCCN5C[C@H](F)C6)nc4N4CC5CCC(C4)N5)C3=O)c12. The summed E-state index contributed by atoms with van der Waals surface area (Å²) in [6.45, 7) is 3.51. The molecule has 2 unspecified atom stereocenters. The zero-order valence-electron chi connectivity index (χ0n) is 23.9. The Balaban J connectivity index is 1.19. The number of ether oxygens (including phenoxy) is 1. The van der Waals surface area contributed by atoms with Crippen LogP contribution in [0.25, 0.3) is 10.8 Å². The third kappa shape index (κ3) is 4.38. The summed E-state index contributed by atoms with van der Waals surface area (Å²) in [5.74, 6) is 0.432. The predicted octanol–water partition coefficient (Wildman–Crippen LogP) is 3.31. The number of amides is 1. The van der Waals surface area contributed by atoms with Crippen molar-refractivity contribution in [3.8, 4) is 17.8 Å². The molecule has 8 rings (SSSR count). The monoisotopic (exact) mass is 583 g/mol. The topological polar surface area (TPSA) is 118 Å². The number of hydrogen-bond donors (Lipinski definition) is 2. The summed E-state index contributed by atoms with van der Waals surface area (Å²) in [7, 11) is 0. The van der Waals surface area contributed by atoms with Crippen LogP contribution in [0.15, 0.2) is 30.3 Å². The van der Waals surface area contributed by atoms with Gasteiger partial charge in [0.15, 0.2) is 0 Å². The van der Waals surface area contributed by atoms with Gasteiger partial charge in [-0.1, -0.05) is 12.1 Å². The van der Waals surface area contributed by atoms with Gasteiger partial charge in [0.05, 0.1) is 22.9 Å². The Morgan fingerprint density at radius 3 is 2.81 bits per heavy atom. The number of nitrogens with zero attached hydrogens (tertiary/aromatic N) is 6. The number of nitriles is 1. The van der Waals surface area contributed by atoms with E-state index in [2.05, 4.69) is 21.2 Å². The first kappa shape index (κ1) is 26.6. The first-order valence-electron chi connectivity index (χ1n) is 15.3. The van der Waals surface area contributed by atoms with Gasteiger partial charge in [0.25, 0.3) is 5.91 Å². The number of alkyl halides is 1. The Morgan fingerprint density at radius 1 is 1.16 bits per heavy atom. The minimum Gasteiger partial charge on any atom is -0.508 e. The molecule has 0 radical (unpaired) electrons. The lowest BCUT2D eigenvalue weighted by Crippen LogP contribution is -2.52. The molecule has 222 valence electrons. The number of fused-ring (bicyclic) bond motifs is 5. The molecule has 2 N–H and O–H groups in total. The third-order valence-corrected chi connectivity index (χ3v) is 10.1. The fourth-order valence-electron chi connectivity index (χ4n) is 8.18. The van der Waals surface area contributed by atoms with E-state index in [4.69, 9.17) is 14.7 Å². The minimum atomic E-state index is -0.870. The molecule has 0 spiro atoms. The standard InChI is InChI=1S/C32H34FN7O3/c33-21-13-32(8-2-9-39(32)15-21)18-43-31-36-28-25(29(37-31)38-16-22-5-6-23(17-38)35-22)7-10-40(30(28)42)26-12-24(41)11-19-3-1-4-20(14-34)27(19)26/h1,3-4,11-12,21-23,35,41H,2,5-10,13,15-18H2/t21-,22?,23?,32+/m1/s1. The van der Waals surface area contributed by atoms with Gasteiger partial charge in [-0.25, -0.2) is 4.39 Å². The number of piperazine rings is 1. The van der Waals surface area contributed by atoms with Crippen molar-refractivity contribution in [3.63, 3.8) is 0 Å². The molecule has 4 fully saturated rings. The average molecular weight is 584 g/mol. The molecule has 3 aromatic rings. The lowest BCUT2D eigenvalue weighted by molar-refractivity contribution is 0.0963. The molecule has 11 heteroatoms. The van der Waals surface area contributed by atoms with Gasteiger partial charge in [0.2, 0.25) is 0 Å². The lowest BCUT2D eigenvalue weighted by atomic mass is 9.95. The number of benzene rings is 2. The van der Waals surface area contributed by atoms with E-state index in [1.165, 1.54) is 0 Å². The predicted molar refractivity (Wildman–Crippen MR) is 158 cm³/mol.